The lowest BCUT2D eigenvalue weighted by molar-refractivity contribution is 0.378. The summed E-state index contributed by atoms with van der Waals surface area (Å²) in [6.07, 6.45) is 2.39. The monoisotopic (exact) mass is 293 g/mol. The van der Waals surface area contributed by atoms with E-state index in [1.54, 1.807) is 0 Å². The van der Waals surface area contributed by atoms with E-state index in [1.807, 2.05) is 24.3 Å². The fourth-order valence-electron chi connectivity index (χ4n) is 1.59. The first-order valence-corrected chi connectivity index (χ1v) is 6.42. The van der Waals surface area contributed by atoms with Crippen LogP contribution in [-0.4, -0.2) is 10.1 Å². The summed E-state index contributed by atoms with van der Waals surface area (Å²) < 4.78 is 6.25. The van der Waals surface area contributed by atoms with Gasteiger partial charge >= 0.3 is 0 Å². The highest BCUT2D eigenvalue weighted by Gasteiger charge is 2.28. The van der Waals surface area contributed by atoms with Crippen molar-refractivity contribution >= 4 is 21.6 Å². The summed E-state index contributed by atoms with van der Waals surface area (Å²) in [6.45, 7) is 0.571. The van der Waals surface area contributed by atoms with Crippen molar-refractivity contribution < 1.29 is 4.52 Å². The highest BCUT2D eigenvalue weighted by Crippen LogP contribution is 2.38. The Morgan fingerprint density at radius 1 is 1.29 bits per heavy atom. The summed E-state index contributed by atoms with van der Waals surface area (Å²) in [7, 11) is 0. The lowest BCUT2D eigenvalue weighted by atomic mass is 10.3. The van der Waals surface area contributed by atoms with E-state index in [-0.39, 0.29) is 0 Å². The SMILES string of the molecule is Brc1ccc(NCc2nc(C3CC3)no2)cc1. The van der Waals surface area contributed by atoms with E-state index in [2.05, 4.69) is 31.4 Å². The van der Waals surface area contributed by atoms with Crippen LogP contribution in [0.25, 0.3) is 0 Å². The molecule has 1 N–H and O–H groups in total. The molecule has 0 atom stereocenters. The van der Waals surface area contributed by atoms with Crippen LogP contribution in [0.3, 0.4) is 0 Å². The zero-order chi connectivity index (χ0) is 11.7. The minimum Gasteiger partial charge on any atom is -0.376 e. The normalized spacial score (nSPS) is 14.9. The van der Waals surface area contributed by atoms with Crippen molar-refractivity contribution in [3.8, 4) is 0 Å². The molecule has 0 spiro atoms. The molecule has 88 valence electrons. The molecule has 1 aromatic heterocycles. The predicted octanol–water partition coefficient (Wildman–Crippen LogP) is 3.32. The molecule has 0 unspecified atom stereocenters. The molecule has 0 aliphatic heterocycles. The van der Waals surface area contributed by atoms with Gasteiger partial charge in [0.2, 0.25) is 5.89 Å². The summed E-state index contributed by atoms with van der Waals surface area (Å²) in [6, 6.07) is 7.99. The third-order valence-electron chi connectivity index (χ3n) is 2.71. The molecule has 0 amide bonds. The summed E-state index contributed by atoms with van der Waals surface area (Å²) in [5.41, 5.74) is 1.04. The number of rotatable bonds is 4. The number of hydrogen-bond acceptors (Lipinski definition) is 4. The highest BCUT2D eigenvalue weighted by atomic mass is 79.9. The first kappa shape index (κ1) is 10.8. The summed E-state index contributed by atoms with van der Waals surface area (Å²) in [4.78, 5) is 4.36. The molecule has 0 bridgehead atoms. The van der Waals surface area contributed by atoms with Gasteiger partial charge in [-0.05, 0) is 37.1 Å². The average Bonchev–Trinajstić information content (AvgIpc) is 3.09. The zero-order valence-corrected chi connectivity index (χ0v) is 10.8. The van der Waals surface area contributed by atoms with Crippen LogP contribution in [0.5, 0.6) is 0 Å². The van der Waals surface area contributed by atoms with Crippen LogP contribution in [0.4, 0.5) is 5.69 Å². The Kier molecular flexibility index (Phi) is 2.84. The molecular weight excluding hydrogens is 282 g/mol. The molecule has 1 fully saturated rings. The van der Waals surface area contributed by atoms with Gasteiger partial charge in [0, 0.05) is 16.1 Å². The molecule has 3 rings (SSSR count). The largest absolute Gasteiger partial charge is 0.376 e. The van der Waals surface area contributed by atoms with Crippen molar-refractivity contribution in [3.63, 3.8) is 0 Å². The van der Waals surface area contributed by atoms with Crippen molar-refractivity contribution in [1.82, 2.24) is 10.1 Å². The van der Waals surface area contributed by atoms with E-state index in [0.29, 0.717) is 18.4 Å². The Bertz CT molecular complexity index is 505. The molecule has 4 nitrogen and oxygen atoms in total. The van der Waals surface area contributed by atoms with Gasteiger partial charge in [0.05, 0.1) is 6.54 Å². The molecule has 2 aromatic rings. The standard InChI is InChI=1S/C12H12BrN3O/c13-9-3-5-10(6-4-9)14-7-11-15-12(16-17-11)8-1-2-8/h3-6,8,14H,1-2,7H2. The van der Waals surface area contributed by atoms with Gasteiger partial charge < -0.3 is 9.84 Å². The van der Waals surface area contributed by atoms with Gasteiger partial charge in [-0.2, -0.15) is 4.98 Å². The van der Waals surface area contributed by atoms with Gasteiger partial charge in [-0.25, -0.2) is 0 Å². The Labute approximate surface area is 108 Å². The zero-order valence-electron chi connectivity index (χ0n) is 9.19. The third-order valence-corrected chi connectivity index (χ3v) is 3.24. The molecule has 17 heavy (non-hydrogen) atoms. The van der Waals surface area contributed by atoms with Crippen molar-refractivity contribution in [2.75, 3.05) is 5.32 Å². The summed E-state index contributed by atoms with van der Waals surface area (Å²) in [5.74, 6) is 2.05. The highest BCUT2D eigenvalue weighted by molar-refractivity contribution is 9.10. The number of nitrogens with zero attached hydrogens (tertiary/aromatic N) is 2. The number of nitrogens with one attached hydrogen (secondary N) is 1. The van der Waals surface area contributed by atoms with Gasteiger partial charge in [0.1, 0.15) is 0 Å². The minimum atomic E-state index is 0.542. The number of anilines is 1. The molecule has 1 heterocycles. The molecule has 1 aromatic carbocycles. The van der Waals surface area contributed by atoms with Crippen molar-refractivity contribution in [2.45, 2.75) is 25.3 Å². The minimum absolute atomic E-state index is 0.542. The second-order valence-electron chi connectivity index (χ2n) is 4.18. The van der Waals surface area contributed by atoms with E-state index >= 15 is 0 Å². The molecule has 0 saturated heterocycles. The fourth-order valence-corrected chi connectivity index (χ4v) is 1.86. The number of aromatic nitrogens is 2. The van der Waals surface area contributed by atoms with Crippen LogP contribution in [0.15, 0.2) is 33.3 Å². The Morgan fingerprint density at radius 3 is 2.76 bits per heavy atom. The maximum atomic E-state index is 5.18. The second-order valence-corrected chi connectivity index (χ2v) is 5.10. The van der Waals surface area contributed by atoms with Gasteiger partial charge in [-0.15, -0.1) is 0 Å². The van der Waals surface area contributed by atoms with Crippen LogP contribution in [0.2, 0.25) is 0 Å². The number of benzene rings is 1. The van der Waals surface area contributed by atoms with Gasteiger partial charge in [0.15, 0.2) is 5.82 Å². The van der Waals surface area contributed by atoms with Crippen LogP contribution < -0.4 is 5.32 Å². The van der Waals surface area contributed by atoms with E-state index in [4.69, 9.17) is 4.52 Å². The van der Waals surface area contributed by atoms with Crippen LogP contribution in [-0.2, 0) is 6.54 Å². The maximum absolute atomic E-state index is 5.18. The molecule has 0 radical (unpaired) electrons. The Hall–Kier alpha value is -1.36. The van der Waals surface area contributed by atoms with E-state index in [9.17, 15) is 0 Å². The lowest BCUT2D eigenvalue weighted by Crippen LogP contribution is -1.99. The second kappa shape index (κ2) is 4.49. The number of halogens is 1. The molecule has 1 aliphatic carbocycles. The third kappa shape index (κ3) is 2.66. The quantitative estimate of drug-likeness (QED) is 0.939. The topological polar surface area (TPSA) is 51.0 Å². The summed E-state index contributed by atoms with van der Waals surface area (Å²) in [5, 5.41) is 7.21. The summed E-state index contributed by atoms with van der Waals surface area (Å²) >= 11 is 3.40. The number of hydrogen-bond donors (Lipinski definition) is 1. The first-order chi connectivity index (χ1) is 8.31. The van der Waals surface area contributed by atoms with Crippen LogP contribution >= 0.6 is 15.9 Å². The van der Waals surface area contributed by atoms with E-state index in [0.717, 1.165) is 16.0 Å². The van der Waals surface area contributed by atoms with Crippen LogP contribution in [0, 0.1) is 0 Å². The lowest BCUT2D eigenvalue weighted by Gasteiger charge is -2.02. The van der Waals surface area contributed by atoms with E-state index in [1.165, 1.54) is 12.8 Å². The van der Waals surface area contributed by atoms with Gasteiger partial charge in [0.25, 0.3) is 0 Å². The smallest absolute Gasteiger partial charge is 0.245 e. The van der Waals surface area contributed by atoms with Gasteiger partial charge in [-0.3, -0.25) is 0 Å². The van der Waals surface area contributed by atoms with Crippen LogP contribution in [0.1, 0.15) is 30.5 Å². The van der Waals surface area contributed by atoms with Gasteiger partial charge in [-0.1, -0.05) is 21.1 Å². The maximum Gasteiger partial charge on any atom is 0.245 e. The molecule has 5 heteroatoms. The Morgan fingerprint density at radius 2 is 2.06 bits per heavy atom. The van der Waals surface area contributed by atoms with E-state index < -0.39 is 0 Å². The Balaban J connectivity index is 1.60. The first-order valence-electron chi connectivity index (χ1n) is 5.63. The molecular formula is C12H12BrN3O. The molecule has 1 saturated carbocycles. The van der Waals surface area contributed by atoms with Crippen molar-refractivity contribution in [3.05, 3.63) is 40.5 Å². The van der Waals surface area contributed by atoms with Crippen molar-refractivity contribution in [2.24, 2.45) is 0 Å². The fraction of sp³-hybridized carbons (Fsp3) is 0.333. The predicted molar refractivity (Wildman–Crippen MR) is 67.7 cm³/mol. The van der Waals surface area contributed by atoms with Crippen molar-refractivity contribution in [1.29, 1.82) is 0 Å². The average molecular weight is 294 g/mol. The molecule has 1 aliphatic rings.